The summed E-state index contributed by atoms with van der Waals surface area (Å²) in [4.78, 5) is 18.2. The monoisotopic (exact) mass is 347 g/mol. The number of rotatable bonds is 5. The van der Waals surface area contributed by atoms with Crippen LogP contribution in [0.2, 0.25) is 5.02 Å². The molecule has 1 amide bonds. The summed E-state index contributed by atoms with van der Waals surface area (Å²) in [5, 5.41) is 3.19. The van der Waals surface area contributed by atoms with Crippen molar-refractivity contribution in [2.75, 3.05) is 18.0 Å². The Kier molecular flexibility index (Phi) is 5.30. The first-order valence-electron chi connectivity index (χ1n) is 8.00. The Bertz CT molecular complexity index is 711. The first kappa shape index (κ1) is 16.7. The van der Waals surface area contributed by atoms with Gasteiger partial charge in [0.05, 0.1) is 5.02 Å². The molecule has 2 aromatic rings. The van der Waals surface area contributed by atoms with Gasteiger partial charge < -0.3 is 10.2 Å². The van der Waals surface area contributed by atoms with Gasteiger partial charge in [0.2, 0.25) is 5.91 Å². The third kappa shape index (κ3) is 4.23. The maximum atomic E-state index is 13.2. The molecule has 0 saturated carbocycles. The van der Waals surface area contributed by atoms with Crippen LogP contribution in [0.3, 0.4) is 0 Å². The van der Waals surface area contributed by atoms with E-state index >= 15 is 0 Å². The highest BCUT2D eigenvalue weighted by Gasteiger charge is 2.24. The van der Waals surface area contributed by atoms with Gasteiger partial charge in [0.1, 0.15) is 5.82 Å². The summed E-state index contributed by atoms with van der Waals surface area (Å²) in [6.07, 6.45) is 5.50. The van der Waals surface area contributed by atoms with Crippen molar-refractivity contribution in [1.82, 2.24) is 10.3 Å². The third-order valence-electron chi connectivity index (χ3n) is 4.21. The van der Waals surface area contributed by atoms with Crippen molar-refractivity contribution < 1.29 is 9.18 Å². The lowest BCUT2D eigenvalue weighted by atomic mass is 10.1. The van der Waals surface area contributed by atoms with E-state index in [0.29, 0.717) is 19.4 Å². The predicted octanol–water partition coefficient (Wildman–Crippen LogP) is 3.20. The van der Waals surface area contributed by atoms with Crippen LogP contribution in [0, 0.1) is 5.82 Å². The summed E-state index contributed by atoms with van der Waals surface area (Å²) in [6, 6.07) is 8.67. The molecule has 6 heteroatoms. The molecule has 0 aliphatic carbocycles. The zero-order valence-corrected chi connectivity index (χ0v) is 14.0. The number of aryl methyl sites for hydroxylation is 1. The first-order valence-corrected chi connectivity index (χ1v) is 8.38. The lowest BCUT2D eigenvalue weighted by Crippen LogP contribution is -2.37. The van der Waals surface area contributed by atoms with Crippen molar-refractivity contribution in [3.05, 3.63) is 59.1 Å². The van der Waals surface area contributed by atoms with E-state index in [0.717, 1.165) is 24.2 Å². The van der Waals surface area contributed by atoms with Crippen LogP contribution in [0.15, 0.2) is 42.7 Å². The fraction of sp³-hybridized carbons (Fsp3) is 0.333. The van der Waals surface area contributed by atoms with Crippen LogP contribution < -0.4 is 10.2 Å². The standard InChI is InChI=1S/C18H19ClFN3O/c19-16-11-15(2-3-17(16)20)23-10-7-14(12-23)22-18(24)4-1-13-5-8-21-9-6-13/h2-3,5-6,8-9,11,14H,1,4,7,10,12H2,(H,22,24). The highest BCUT2D eigenvalue weighted by Crippen LogP contribution is 2.25. The predicted molar refractivity (Wildman–Crippen MR) is 92.7 cm³/mol. The Morgan fingerprint density at radius 1 is 1.33 bits per heavy atom. The Morgan fingerprint density at radius 3 is 2.88 bits per heavy atom. The number of anilines is 1. The molecule has 2 heterocycles. The summed E-state index contributed by atoms with van der Waals surface area (Å²) in [5.74, 6) is -0.364. The van der Waals surface area contributed by atoms with Crippen LogP contribution >= 0.6 is 11.6 Å². The van der Waals surface area contributed by atoms with Crippen LogP contribution in [-0.4, -0.2) is 30.0 Å². The third-order valence-corrected chi connectivity index (χ3v) is 4.50. The van der Waals surface area contributed by atoms with E-state index in [2.05, 4.69) is 15.2 Å². The van der Waals surface area contributed by atoms with Crippen LogP contribution in [0.1, 0.15) is 18.4 Å². The molecular formula is C18H19ClFN3O. The number of carbonyl (C=O) groups is 1. The average Bonchev–Trinajstić information content (AvgIpc) is 3.05. The topological polar surface area (TPSA) is 45.2 Å². The van der Waals surface area contributed by atoms with E-state index in [1.54, 1.807) is 24.5 Å². The summed E-state index contributed by atoms with van der Waals surface area (Å²) < 4.78 is 13.2. The van der Waals surface area contributed by atoms with Gasteiger partial charge >= 0.3 is 0 Å². The number of hydrogen-bond donors (Lipinski definition) is 1. The molecule has 1 fully saturated rings. The van der Waals surface area contributed by atoms with E-state index < -0.39 is 5.82 Å². The number of benzene rings is 1. The molecule has 1 aromatic heterocycles. The number of pyridine rings is 1. The van der Waals surface area contributed by atoms with Crippen molar-refractivity contribution in [2.45, 2.75) is 25.3 Å². The Morgan fingerprint density at radius 2 is 2.12 bits per heavy atom. The summed E-state index contributed by atoms with van der Waals surface area (Å²) >= 11 is 5.84. The second kappa shape index (κ2) is 7.62. The van der Waals surface area contributed by atoms with Crippen LogP contribution in [0.4, 0.5) is 10.1 Å². The number of halogens is 2. The van der Waals surface area contributed by atoms with Crippen molar-refractivity contribution in [3.8, 4) is 0 Å². The molecule has 1 saturated heterocycles. The fourth-order valence-corrected chi connectivity index (χ4v) is 3.08. The lowest BCUT2D eigenvalue weighted by Gasteiger charge is -2.19. The summed E-state index contributed by atoms with van der Waals surface area (Å²) in [6.45, 7) is 1.53. The highest BCUT2D eigenvalue weighted by molar-refractivity contribution is 6.31. The van der Waals surface area contributed by atoms with Crippen LogP contribution in [-0.2, 0) is 11.2 Å². The van der Waals surface area contributed by atoms with Crippen LogP contribution in [0.5, 0.6) is 0 Å². The number of carbonyl (C=O) groups excluding carboxylic acids is 1. The van der Waals surface area contributed by atoms with Gasteiger partial charge in [-0.05, 0) is 48.7 Å². The van der Waals surface area contributed by atoms with E-state index in [1.165, 1.54) is 6.07 Å². The number of nitrogens with zero attached hydrogens (tertiary/aromatic N) is 2. The number of nitrogens with one attached hydrogen (secondary N) is 1. The van der Waals surface area contributed by atoms with Gasteiger partial charge in [0.25, 0.3) is 0 Å². The fourth-order valence-electron chi connectivity index (χ4n) is 2.90. The molecule has 0 bridgehead atoms. The van der Waals surface area contributed by atoms with Crippen LogP contribution in [0.25, 0.3) is 0 Å². The molecule has 1 aliphatic rings. The summed E-state index contributed by atoms with van der Waals surface area (Å²) in [5.41, 5.74) is 1.99. The molecule has 1 atom stereocenters. The van der Waals surface area contributed by atoms with Crippen molar-refractivity contribution in [1.29, 1.82) is 0 Å². The number of aromatic nitrogens is 1. The number of amides is 1. The molecule has 1 aliphatic heterocycles. The molecule has 4 nitrogen and oxygen atoms in total. The molecule has 1 unspecified atom stereocenters. The summed E-state index contributed by atoms with van der Waals surface area (Å²) in [7, 11) is 0. The minimum Gasteiger partial charge on any atom is -0.369 e. The normalized spacial score (nSPS) is 17.1. The molecule has 0 radical (unpaired) electrons. The number of hydrogen-bond acceptors (Lipinski definition) is 3. The average molecular weight is 348 g/mol. The lowest BCUT2D eigenvalue weighted by molar-refractivity contribution is -0.121. The molecule has 24 heavy (non-hydrogen) atoms. The second-order valence-corrected chi connectivity index (χ2v) is 6.36. The van der Waals surface area contributed by atoms with E-state index in [-0.39, 0.29) is 17.0 Å². The Hall–Kier alpha value is -2.14. The minimum atomic E-state index is -0.416. The van der Waals surface area contributed by atoms with Gasteiger partial charge in [-0.15, -0.1) is 0 Å². The van der Waals surface area contributed by atoms with Gasteiger partial charge in [-0.25, -0.2) is 4.39 Å². The van der Waals surface area contributed by atoms with Crippen molar-refractivity contribution in [2.24, 2.45) is 0 Å². The van der Waals surface area contributed by atoms with E-state index in [1.807, 2.05) is 12.1 Å². The van der Waals surface area contributed by atoms with Crippen molar-refractivity contribution >= 4 is 23.2 Å². The van der Waals surface area contributed by atoms with Gasteiger partial charge in [-0.2, -0.15) is 0 Å². The second-order valence-electron chi connectivity index (χ2n) is 5.95. The maximum absolute atomic E-state index is 13.2. The zero-order chi connectivity index (χ0) is 16.9. The Balaban J connectivity index is 1.48. The van der Waals surface area contributed by atoms with Gasteiger partial charge in [0, 0.05) is 43.6 Å². The highest BCUT2D eigenvalue weighted by atomic mass is 35.5. The molecule has 126 valence electrons. The smallest absolute Gasteiger partial charge is 0.220 e. The van der Waals surface area contributed by atoms with Gasteiger partial charge in [0.15, 0.2) is 0 Å². The molecule has 0 spiro atoms. The maximum Gasteiger partial charge on any atom is 0.220 e. The van der Waals surface area contributed by atoms with Gasteiger partial charge in [-0.1, -0.05) is 11.6 Å². The quantitative estimate of drug-likeness (QED) is 0.903. The first-order chi connectivity index (χ1) is 11.6. The van der Waals surface area contributed by atoms with Crippen molar-refractivity contribution in [3.63, 3.8) is 0 Å². The molecule has 1 aromatic carbocycles. The minimum absolute atomic E-state index is 0.0517. The van der Waals surface area contributed by atoms with E-state index in [4.69, 9.17) is 11.6 Å². The van der Waals surface area contributed by atoms with E-state index in [9.17, 15) is 9.18 Å². The zero-order valence-electron chi connectivity index (χ0n) is 13.2. The molecular weight excluding hydrogens is 329 g/mol. The molecule has 3 rings (SSSR count). The SMILES string of the molecule is O=C(CCc1ccncc1)NC1CCN(c2ccc(F)c(Cl)c2)C1. The molecule has 1 N–H and O–H groups in total. The van der Waals surface area contributed by atoms with Gasteiger partial charge in [-0.3, -0.25) is 9.78 Å². The Labute approximate surface area is 145 Å². The largest absolute Gasteiger partial charge is 0.369 e.